The topological polar surface area (TPSA) is 42.7 Å². The molecule has 1 N–H and O–H groups in total. The lowest BCUT2D eigenvalue weighted by Crippen LogP contribution is -2.13. The van der Waals surface area contributed by atoms with Crippen molar-refractivity contribution in [1.29, 1.82) is 0 Å². The van der Waals surface area contributed by atoms with E-state index in [2.05, 4.69) is 51.3 Å². The van der Waals surface area contributed by atoms with Crippen molar-refractivity contribution < 1.29 is 0 Å². The van der Waals surface area contributed by atoms with E-state index in [4.69, 9.17) is 0 Å². The maximum Gasteiger partial charge on any atom is 0.134 e. The third-order valence-electron chi connectivity index (χ3n) is 4.17. The summed E-state index contributed by atoms with van der Waals surface area (Å²) in [5.41, 5.74) is 2.49. The molecule has 0 atom stereocenters. The zero-order chi connectivity index (χ0) is 13.8. The van der Waals surface area contributed by atoms with Crippen molar-refractivity contribution in [3.63, 3.8) is 0 Å². The zero-order valence-corrected chi connectivity index (χ0v) is 12.0. The number of anilines is 1. The number of hydrogen-bond donors (Lipinski definition) is 1. The fourth-order valence-electron chi connectivity index (χ4n) is 3.01. The van der Waals surface area contributed by atoms with Crippen molar-refractivity contribution in [1.82, 2.24) is 14.8 Å². The van der Waals surface area contributed by atoms with E-state index in [9.17, 15) is 0 Å². The minimum Gasteiger partial charge on any atom is -0.384 e. The van der Waals surface area contributed by atoms with Crippen LogP contribution in [-0.2, 0) is 6.42 Å². The number of nitrogens with one attached hydrogen (secondary N) is 1. The van der Waals surface area contributed by atoms with Crippen molar-refractivity contribution in [2.75, 3.05) is 11.9 Å². The van der Waals surface area contributed by atoms with Gasteiger partial charge in [-0.15, -0.1) is 10.2 Å². The molecule has 0 spiro atoms. The lowest BCUT2D eigenvalue weighted by Gasteiger charge is -2.14. The molecule has 0 bridgehead atoms. The lowest BCUT2D eigenvalue weighted by molar-refractivity contribution is 0.497. The Hall–Kier alpha value is -1.84. The van der Waals surface area contributed by atoms with Gasteiger partial charge in [-0.05, 0) is 31.4 Å². The van der Waals surface area contributed by atoms with Crippen molar-refractivity contribution in [2.24, 2.45) is 0 Å². The molecule has 106 valence electrons. The molecule has 1 aromatic heterocycles. The second-order valence-electron chi connectivity index (χ2n) is 5.58. The van der Waals surface area contributed by atoms with Crippen LogP contribution in [0.2, 0.25) is 0 Å². The molecule has 20 heavy (non-hydrogen) atoms. The highest BCUT2D eigenvalue weighted by Crippen LogP contribution is 2.29. The molecule has 0 radical (unpaired) electrons. The summed E-state index contributed by atoms with van der Waals surface area (Å²) in [6.45, 7) is 3.03. The smallest absolute Gasteiger partial charge is 0.134 e. The number of hydrogen-bond acceptors (Lipinski definition) is 3. The van der Waals surface area contributed by atoms with Crippen LogP contribution in [-0.4, -0.2) is 21.3 Å². The number of para-hydroxylation sites is 1. The average Bonchev–Trinajstić information content (AvgIpc) is 3.11. The summed E-state index contributed by atoms with van der Waals surface area (Å²) in [5.74, 6) is 1.11. The van der Waals surface area contributed by atoms with Crippen LogP contribution in [0.4, 0.5) is 5.69 Å². The highest BCUT2D eigenvalue weighted by atomic mass is 15.3. The Labute approximate surface area is 120 Å². The lowest BCUT2D eigenvalue weighted by atomic mass is 10.2. The van der Waals surface area contributed by atoms with E-state index < -0.39 is 0 Å². The van der Waals surface area contributed by atoms with Gasteiger partial charge in [0.2, 0.25) is 0 Å². The molecule has 2 aromatic rings. The van der Waals surface area contributed by atoms with Crippen molar-refractivity contribution in [3.05, 3.63) is 42.0 Å². The van der Waals surface area contributed by atoms with Crippen LogP contribution < -0.4 is 5.32 Å². The van der Waals surface area contributed by atoms with Gasteiger partial charge in [-0.2, -0.15) is 0 Å². The van der Waals surface area contributed by atoms with Crippen LogP contribution in [0.5, 0.6) is 0 Å². The molecule has 1 aliphatic rings. The molecule has 1 fully saturated rings. The first-order chi connectivity index (χ1) is 9.84. The fourth-order valence-corrected chi connectivity index (χ4v) is 3.01. The Kier molecular flexibility index (Phi) is 4.00. The second-order valence-corrected chi connectivity index (χ2v) is 5.58. The standard InChI is InChI=1S/C16H22N4/c1-13-6-2-5-9-15(13)17-11-10-16-19-18-12-20(16)14-7-3-4-8-14/h2,5-6,9,12,14,17H,3-4,7-8,10-11H2,1H3. The SMILES string of the molecule is Cc1ccccc1NCCc1nncn1C1CCCC1. The summed E-state index contributed by atoms with van der Waals surface area (Å²) in [6, 6.07) is 9.01. The van der Waals surface area contributed by atoms with E-state index in [1.54, 1.807) is 0 Å². The summed E-state index contributed by atoms with van der Waals surface area (Å²) >= 11 is 0. The molecule has 1 saturated carbocycles. The molecule has 0 saturated heterocycles. The molecule has 1 aromatic carbocycles. The van der Waals surface area contributed by atoms with Gasteiger partial charge < -0.3 is 9.88 Å². The highest BCUT2D eigenvalue weighted by Gasteiger charge is 2.19. The summed E-state index contributed by atoms with van der Waals surface area (Å²) in [5, 5.41) is 11.9. The first kappa shape index (κ1) is 13.2. The van der Waals surface area contributed by atoms with E-state index in [-0.39, 0.29) is 0 Å². The third-order valence-corrected chi connectivity index (χ3v) is 4.17. The quantitative estimate of drug-likeness (QED) is 0.906. The molecule has 0 amide bonds. The molecular weight excluding hydrogens is 248 g/mol. The number of aryl methyl sites for hydroxylation is 1. The third kappa shape index (κ3) is 2.84. The van der Waals surface area contributed by atoms with E-state index in [0.717, 1.165) is 18.8 Å². The van der Waals surface area contributed by atoms with Gasteiger partial charge in [0.15, 0.2) is 0 Å². The summed E-state index contributed by atoms with van der Waals surface area (Å²) in [4.78, 5) is 0. The Morgan fingerprint density at radius 3 is 2.85 bits per heavy atom. The van der Waals surface area contributed by atoms with Gasteiger partial charge in [0.05, 0.1) is 0 Å². The van der Waals surface area contributed by atoms with Gasteiger partial charge in [0.1, 0.15) is 12.2 Å². The number of nitrogens with zero attached hydrogens (tertiary/aromatic N) is 3. The largest absolute Gasteiger partial charge is 0.384 e. The minimum atomic E-state index is 0.624. The normalized spacial score (nSPS) is 15.7. The Morgan fingerprint density at radius 2 is 2.05 bits per heavy atom. The summed E-state index contributed by atoms with van der Waals surface area (Å²) < 4.78 is 2.28. The molecule has 0 unspecified atom stereocenters. The van der Waals surface area contributed by atoms with Crippen LogP contribution in [0, 0.1) is 6.92 Å². The second kappa shape index (κ2) is 6.07. The van der Waals surface area contributed by atoms with Crippen molar-refractivity contribution in [2.45, 2.75) is 45.1 Å². The predicted molar refractivity (Wildman–Crippen MR) is 80.9 cm³/mol. The van der Waals surface area contributed by atoms with Crippen LogP contribution >= 0.6 is 0 Å². The van der Waals surface area contributed by atoms with Crippen molar-refractivity contribution >= 4 is 5.69 Å². The molecule has 1 heterocycles. The Morgan fingerprint density at radius 1 is 1.25 bits per heavy atom. The van der Waals surface area contributed by atoms with E-state index in [0.29, 0.717) is 6.04 Å². The van der Waals surface area contributed by atoms with Gasteiger partial charge in [-0.1, -0.05) is 31.0 Å². The predicted octanol–water partition coefficient (Wildman–Crippen LogP) is 3.36. The molecule has 3 rings (SSSR count). The van der Waals surface area contributed by atoms with Gasteiger partial charge in [0.25, 0.3) is 0 Å². The first-order valence-electron chi connectivity index (χ1n) is 7.52. The van der Waals surface area contributed by atoms with Crippen LogP contribution in [0.1, 0.15) is 43.1 Å². The maximum absolute atomic E-state index is 4.29. The summed E-state index contributed by atoms with van der Waals surface area (Å²) in [7, 11) is 0. The number of aromatic nitrogens is 3. The van der Waals surface area contributed by atoms with E-state index in [1.807, 2.05) is 6.33 Å². The molecule has 1 aliphatic carbocycles. The van der Waals surface area contributed by atoms with Crippen LogP contribution in [0.15, 0.2) is 30.6 Å². The molecule has 0 aliphatic heterocycles. The monoisotopic (exact) mass is 270 g/mol. The first-order valence-corrected chi connectivity index (χ1v) is 7.52. The molecular formula is C16H22N4. The Balaban J connectivity index is 1.59. The van der Waals surface area contributed by atoms with Gasteiger partial charge >= 0.3 is 0 Å². The van der Waals surface area contributed by atoms with E-state index >= 15 is 0 Å². The number of benzene rings is 1. The fraction of sp³-hybridized carbons (Fsp3) is 0.500. The molecule has 4 nitrogen and oxygen atoms in total. The summed E-state index contributed by atoms with van der Waals surface area (Å²) in [6.07, 6.45) is 8.05. The highest BCUT2D eigenvalue weighted by molar-refractivity contribution is 5.50. The average molecular weight is 270 g/mol. The maximum atomic E-state index is 4.29. The molecule has 4 heteroatoms. The van der Waals surface area contributed by atoms with Gasteiger partial charge in [-0.25, -0.2) is 0 Å². The van der Waals surface area contributed by atoms with Gasteiger partial charge in [-0.3, -0.25) is 0 Å². The van der Waals surface area contributed by atoms with E-state index in [1.165, 1.54) is 36.9 Å². The van der Waals surface area contributed by atoms with Gasteiger partial charge in [0, 0.05) is 24.7 Å². The Bertz CT molecular complexity index is 555. The zero-order valence-electron chi connectivity index (χ0n) is 12.0. The van der Waals surface area contributed by atoms with Crippen molar-refractivity contribution in [3.8, 4) is 0 Å². The van der Waals surface area contributed by atoms with Crippen LogP contribution in [0.25, 0.3) is 0 Å². The number of rotatable bonds is 5. The minimum absolute atomic E-state index is 0.624. The van der Waals surface area contributed by atoms with Crippen LogP contribution in [0.3, 0.4) is 0 Å².